The van der Waals surface area contributed by atoms with Crippen molar-refractivity contribution in [2.45, 2.75) is 51.0 Å². The summed E-state index contributed by atoms with van der Waals surface area (Å²) in [5.74, 6) is -0.198. The molecule has 0 unspecified atom stereocenters. The lowest BCUT2D eigenvalue weighted by Gasteiger charge is -2.36. The minimum atomic E-state index is -0.586. The fraction of sp³-hybridized carbons (Fsp3) is 0.560. The Bertz CT molecular complexity index is 991. The number of carbonyl (C=O) groups excluding carboxylic acids is 2. The van der Waals surface area contributed by atoms with Crippen LogP contribution in [0.5, 0.6) is 17.2 Å². The van der Waals surface area contributed by atoms with Crippen molar-refractivity contribution in [1.29, 1.82) is 0 Å². The number of hydrogen-bond donors (Lipinski definition) is 0. The summed E-state index contributed by atoms with van der Waals surface area (Å²) in [6.45, 7) is 2.66. The van der Waals surface area contributed by atoms with Gasteiger partial charge < -0.3 is 23.7 Å². The molecule has 178 valence electrons. The summed E-state index contributed by atoms with van der Waals surface area (Å²) in [7, 11) is 4.61. The number of esters is 1. The maximum Gasteiger partial charge on any atom is 0.336 e. The maximum absolute atomic E-state index is 13.4. The molecule has 0 aromatic heterocycles. The first-order chi connectivity index (χ1) is 16.0. The summed E-state index contributed by atoms with van der Waals surface area (Å²) in [4.78, 5) is 31.2. The molecule has 1 aromatic rings. The van der Waals surface area contributed by atoms with Crippen LogP contribution in [0.4, 0.5) is 0 Å². The summed E-state index contributed by atoms with van der Waals surface area (Å²) in [6, 6.07) is 3.59. The van der Waals surface area contributed by atoms with E-state index in [1.165, 1.54) is 14.2 Å². The molecule has 2 heterocycles. The number of fused-ring (bicyclic) bond motifs is 1. The average Bonchev–Trinajstić information content (AvgIpc) is 3.34. The van der Waals surface area contributed by atoms with Crippen molar-refractivity contribution < 1.29 is 33.3 Å². The first-order valence-corrected chi connectivity index (χ1v) is 11.4. The van der Waals surface area contributed by atoms with Crippen LogP contribution in [0.2, 0.25) is 0 Å². The van der Waals surface area contributed by atoms with Gasteiger partial charge in [0.15, 0.2) is 11.5 Å². The fourth-order valence-electron chi connectivity index (χ4n) is 5.11. The predicted molar refractivity (Wildman–Crippen MR) is 121 cm³/mol. The highest BCUT2D eigenvalue weighted by molar-refractivity contribution is 6.11. The third-order valence-electron chi connectivity index (χ3n) is 6.62. The number of nitrogens with zero attached hydrogens (tertiary/aromatic N) is 1. The van der Waals surface area contributed by atoms with Crippen LogP contribution in [-0.2, 0) is 19.1 Å². The molecule has 8 nitrogen and oxygen atoms in total. The van der Waals surface area contributed by atoms with Crippen molar-refractivity contribution in [3.63, 3.8) is 0 Å². The summed E-state index contributed by atoms with van der Waals surface area (Å²) < 4.78 is 28.0. The second-order valence-corrected chi connectivity index (χ2v) is 8.53. The molecule has 4 rings (SSSR count). The van der Waals surface area contributed by atoms with Gasteiger partial charge in [-0.25, -0.2) is 4.79 Å². The average molecular weight is 458 g/mol. The molecule has 0 radical (unpaired) electrons. The van der Waals surface area contributed by atoms with E-state index in [0.29, 0.717) is 47.1 Å². The van der Waals surface area contributed by atoms with Gasteiger partial charge in [0.2, 0.25) is 5.75 Å². The van der Waals surface area contributed by atoms with Crippen LogP contribution >= 0.6 is 0 Å². The van der Waals surface area contributed by atoms with Gasteiger partial charge in [-0.05, 0) is 38.7 Å². The van der Waals surface area contributed by atoms with Crippen LogP contribution in [0.1, 0.15) is 50.5 Å². The number of rotatable bonds is 7. The van der Waals surface area contributed by atoms with Crippen LogP contribution < -0.4 is 14.2 Å². The quantitative estimate of drug-likeness (QED) is 0.578. The number of Topliss-reactive ketones (excluding diaryl/α,β-unsaturated/α-hetero) is 1. The van der Waals surface area contributed by atoms with Gasteiger partial charge in [-0.3, -0.25) is 9.79 Å². The normalized spacial score (nSPS) is 24.8. The number of aliphatic imine (C=N–C) groups is 1. The molecule has 8 heteroatoms. The van der Waals surface area contributed by atoms with E-state index in [1.54, 1.807) is 20.1 Å². The predicted octanol–water partition coefficient (Wildman–Crippen LogP) is 3.62. The highest BCUT2D eigenvalue weighted by atomic mass is 16.6. The Kier molecular flexibility index (Phi) is 7.02. The molecule has 0 bridgehead atoms. The van der Waals surface area contributed by atoms with Gasteiger partial charge in [-0.15, -0.1) is 0 Å². The van der Waals surface area contributed by atoms with Crippen molar-refractivity contribution in [2.24, 2.45) is 10.9 Å². The summed E-state index contributed by atoms with van der Waals surface area (Å²) in [5, 5.41) is 0. The molecule has 1 aromatic carbocycles. The number of allylic oxidation sites excluding steroid dienone is 1. The highest BCUT2D eigenvalue weighted by Crippen LogP contribution is 2.50. The lowest BCUT2D eigenvalue weighted by Crippen LogP contribution is -2.39. The molecule has 2 aliphatic heterocycles. The second kappa shape index (κ2) is 9.95. The molecule has 1 saturated carbocycles. The Morgan fingerprint density at radius 1 is 1.06 bits per heavy atom. The van der Waals surface area contributed by atoms with Crippen molar-refractivity contribution in [3.8, 4) is 17.2 Å². The van der Waals surface area contributed by atoms with Crippen LogP contribution in [0, 0.1) is 5.92 Å². The smallest absolute Gasteiger partial charge is 0.336 e. The van der Waals surface area contributed by atoms with Crippen molar-refractivity contribution in [3.05, 3.63) is 29.0 Å². The molecule has 3 aliphatic rings. The molecule has 1 saturated heterocycles. The summed E-state index contributed by atoms with van der Waals surface area (Å²) >= 11 is 0. The van der Waals surface area contributed by atoms with Gasteiger partial charge in [-0.2, -0.15) is 0 Å². The van der Waals surface area contributed by atoms with E-state index in [2.05, 4.69) is 0 Å². The zero-order valence-electron chi connectivity index (χ0n) is 19.6. The SMILES string of the molecule is COc1ccc([C@@H]2C(C(=O)OC[C@@H]3CCCO3)=C(C)N=C3CCCC(=O)[C@@H]32)c(OC)c1OC. The molecule has 0 amide bonds. The molecule has 2 fully saturated rings. The standard InChI is InChI=1S/C25H31NO7/c1-14-20(25(28)33-13-15-7-6-12-32-15)21(22-17(26-14)8-5-9-18(22)27)16-10-11-19(29-2)24(31-4)23(16)30-3/h10-11,15,21-22H,5-9,12-13H2,1-4H3/t15-,21+,22+/m0/s1. The maximum atomic E-state index is 13.4. The van der Waals surface area contributed by atoms with E-state index < -0.39 is 17.8 Å². The largest absolute Gasteiger partial charge is 0.493 e. The molecule has 0 N–H and O–H groups in total. The minimum absolute atomic E-state index is 0.0683. The van der Waals surface area contributed by atoms with E-state index in [9.17, 15) is 9.59 Å². The van der Waals surface area contributed by atoms with Gasteiger partial charge in [0.25, 0.3) is 0 Å². The zero-order chi connectivity index (χ0) is 23.5. The van der Waals surface area contributed by atoms with Crippen molar-refractivity contribution in [1.82, 2.24) is 0 Å². The van der Waals surface area contributed by atoms with Crippen LogP contribution in [-0.4, -0.2) is 58.1 Å². The lowest BCUT2D eigenvalue weighted by atomic mass is 9.69. The summed E-state index contributed by atoms with van der Waals surface area (Å²) in [5.41, 5.74) is 2.42. The third kappa shape index (κ3) is 4.36. The highest BCUT2D eigenvalue weighted by Gasteiger charge is 2.45. The topological polar surface area (TPSA) is 92.7 Å². The van der Waals surface area contributed by atoms with Gasteiger partial charge >= 0.3 is 5.97 Å². The van der Waals surface area contributed by atoms with E-state index in [4.69, 9.17) is 28.7 Å². The monoisotopic (exact) mass is 457 g/mol. The number of methoxy groups -OCH3 is 3. The first-order valence-electron chi connectivity index (χ1n) is 11.4. The minimum Gasteiger partial charge on any atom is -0.493 e. The molecule has 0 spiro atoms. The number of ether oxygens (including phenoxy) is 5. The molecular weight excluding hydrogens is 426 g/mol. The second-order valence-electron chi connectivity index (χ2n) is 8.53. The lowest BCUT2D eigenvalue weighted by molar-refractivity contribution is -0.142. The van der Waals surface area contributed by atoms with Crippen LogP contribution in [0.3, 0.4) is 0 Å². The van der Waals surface area contributed by atoms with Crippen LogP contribution in [0.15, 0.2) is 28.4 Å². The fourth-order valence-corrected chi connectivity index (χ4v) is 5.11. The van der Waals surface area contributed by atoms with Gasteiger partial charge in [0, 0.05) is 35.9 Å². The van der Waals surface area contributed by atoms with Crippen molar-refractivity contribution >= 4 is 17.5 Å². The number of ketones is 1. The zero-order valence-corrected chi connectivity index (χ0v) is 19.6. The van der Waals surface area contributed by atoms with Gasteiger partial charge in [0.05, 0.1) is 38.9 Å². The number of carbonyl (C=O) groups is 2. The Labute approximate surface area is 193 Å². The van der Waals surface area contributed by atoms with E-state index in [1.807, 2.05) is 6.07 Å². The molecule has 33 heavy (non-hydrogen) atoms. The Morgan fingerprint density at radius 2 is 1.85 bits per heavy atom. The third-order valence-corrected chi connectivity index (χ3v) is 6.62. The molecule has 1 aliphatic carbocycles. The number of benzene rings is 1. The van der Waals surface area contributed by atoms with Crippen LogP contribution in [0.25, 0.3) is 0 Å². The Hall–Kier alpha value is -2.87. The number of hydrogen-bond acceptors (Lipinski definition) is 8. The summed E-state index contributed by atoms with van der Waals surface area (Å²) in [6.07, 6.45) is 3.66. The Balaban J connectivity index is 1.80. The van der Waals surface area contributed by atoms with Crippen molar-refractivity contribution in [2.75, 3.05) is 34.5 Å². The molecular formula is C25H31NO7. The van der Waals surface area contributed by atoms with E-state index in [0.717, 1.165) is 31.4 Å². The van der Waals surface area contributed by atoms with E-state index in [-0.39, 0.29) is 18.5 Å². The Morgan fingerprint density at radius 3 is 2.52 bits per heavy atom. The molecule has 3 atom stereocenters. The van der Waals surface area contributed by atoms with Gasteiger partial charge in [-0.1, -0.05) is 6.07 Å². The van der Waals surface area contributed by atoms with Gasteiger partial charge in [0.1, 0.15) is 12.4 Å². The van der Waals surface area contributed by atoms with E-state index >= 15 is 0 Å². The first kappa shape index (κ1) is 23.3.